The summed E-state index contributed by atoms with van der Waals surface area (Å²) < 4.78 is 32.8. The van der Waals surface area contributed by atoms with E-state index in [1.54, 1.807) is 12.1 Å². The van der Waals surface area contributed by atoms with Gasteiger partial charge in [-0.25, -0.2) is 8.42 Å². The molecular formula is C21H22ClN3O3S. The number of piperidine rings is 1. The second-order valence-electron chi connectivity index (χ2n) is 7.36. The summed E-state index contributed by atoms with van der Waals surface area (Å²) >= 11 is 6.12. The molecule has 0 aliphatic carbocycles. The highest BCUT2D eigenvalue weighted by molar-refractivity contribution is 7.89. The molecule has 1 fully saturated rings. The molecule has 0 spiro atoms. The normalized spacial score (nSPS) is 16.2. The van der Waals surface area contributed by atoms with Crippen molar-refractivity contribution in [1.29, 1.82) is 0 Å². The number of aromatic nitrogens is 2. The molecule has 3 aromatic rings. The van der Waals surface area contributed by atoms with Gasteiger partial charge in [-0.1, -0.05) is 41.0 Å². The summed E-state index contributed by atoms with van der Waals surface area (Å²) in [5.74, 6) is 1.21. The van der Waals surface area contributed by atoms with E-state index in [1.807, 2.05) is 38.1 Å². The summed E-state index contributed by atoms with van der Waals surface area (Å²) in [4.78, 5) is 4.80. The van der Waals surface area contributed by atoms with Crippen molar-refractivity contribution >= 4 is 21.6 Å². The smallest absolute Gasteiger partial charge is 0.258 e. The van der Waals surface area contributed by atoms with Gasteiger partial charge < -0.3 is 4.52 Å². The molecular weight excluding hydrogens is 410 g/mol. The van der Waals surface area contributed by atoms with Gasteiger partial charge in [-0.3, -0.25) is 0 Å². The predicted molar refractivity (Wildman–Crippen MR) is 111 cm³/mol. The van der Waals surface area contributed by atoms with E-state index in [1.165, 1.54) is 10.4 Å². The first-order valence-electron chi connectivity index (χ1n) is 9.52. The van der Waals surface area contributed by atoms with Crippen molar-refractivity contribution in [3.8, 4) is 11.5 Å². The number of hydrogen-bond acceptors (Lipinski definition) is 5. The third-order valence-corrected chi connectivity index (χ3v) is 7.72. The molecule has 0 unspecified atom stereocenters. The van der Waals surface area contributed by atoms with Crippen molar-refractivity contribution < 1.29 is 12.9 Å². The molecule has 0 atom stereocenters. The summed E-state index contributed by atoms with van der Waals surface area (Å²) in [5, 5.41) is 4.61. The lowest BCUT2D eigenvalue weighted by Crippen LogP contribution is -2.38. The van der Waals surface area contributed by atoms with Crippen molar-refractivity contribution in [2.45, 2.75) is 37.5 Å². The molecule has 2 aromatic carbocycles. The molecule has 0 bridgehead atoms. The summed E-state index contributed by atoms with van der Waals surface area (Å²) in [5.41, 5.74) is 2.84. The van der Waals surface area contributed by atoms with Gasteiger partial charge in [0.1, 0.15) is 0 Å². The van der Waals surface area contributed by atoms with Crippen LogP contribution in [0.4, 0.5) is 0 Å². The summed E-state index contributed by atoms with van der Waals surface area (Å²) in [6.07, 6.45) is 1.29. The van der Waals surface area contributed by atoms with Gasteiger partial charge in [-0.2, -0.15) is 9.29 Å². The molecule has 1 aliphatic heterocycles. The average Bonchev–Trinajstić information content (AvgIpc) is 3.20. The maximum atomic E-state index is 12.9. The monoisotopic (exact) mass is 431 g/mol. The zero-order valence-electron chi connectivity index (χ0n) is 16.3. The third kappa shape index (κ3) is 3.95. The Balaban J connectivity index is 1.47. The zero-order chi connectivity index (χ0) is 20.6. The molecule has 0 N–H and O–H groups in total. The molecule has 2 heterocycles. The Morgan fingerprint density at radius 2 is 1.79 bits per heavy atom. The number of hydrogen-bond donors (Lipinski definition) is 0. The summed E-state index contributed by atoms with van der Waals surface area (Å²) in [7, 11) is -3.57. The molecule has 0 saturated carbocycles. The molecule has 1 saturated heterocycles. The Kier molecular flexibility index (Phi) is 5.46. The molecule has 1 aliphatic rings. The Hall–Kier alpha value is -2.22. The number of nitrogens with zero attached hydrogens (tertiary/aromatic N) is 3. The van der Waals surface area contributed by atoms with Gasteiger partial charge in [-0.05, 0) is 56.0 Å². The van der Waals surface area contributed by atoms with Crippen LogP contribution in [0.3, 0.4) is 0 Å². The molecule has 6 nitrogen and oxygen atoms in total. The van der Waals surface area contributed by atoms with Gasteiger partial charge in [-0.15, -0.1) is 0 Å². The third-order valence-electron chi connectivity index (χ3n) is 5.42. The van der Waals surface area contributed by atoms with Crippen molar-refractivity contribution in [2.24, 2.45) is 0 Å². The Morgan fingerprint density at radius 3 is 2.48 bits per heavy atom. The van der Waals surface area contributed by atoms with Crippen LogP contribution < -0.4 is 0 Å². The predicted octanol–water partition coefficient (Wildman–Crippen LogP) is 4.58. The molecule has 0 amide bonds. The molecule has 29 heavy (non-hydrogen) atoms. The van der Waals surface area contributed by atoms with E-state index in [0.717, 1.165) is 16.7 Å². The highest BCUT2D eigenvalue weighted by atomic mass is 35.5. The summed E-state index contributed by atoms with van der Waals surface area (Å²) in [6.45, 7) is 4.67. The highest BCUT2D eigenvalue weighted by Crippen LogP contribution is 2.32. The largest absolute Gasteiger partial charge is 0.334 e. The number of halogens is 1. The lowest BCUT2D eigenvalue weighted by molar-refractivity contribution is 0.307. The van der Waals surface area contributed by atoms with Crippen LogP contribution in [-0.2, 0) is 10.0 Å². The number of sulfonamides is 1. The molecule has 152 valence electrons. The minimum Gasteiger partial charge on any atom is -0.334 e. The van der Waals surface area contributed by atoms with Crippen LogP contribution in [0.25, 0.3) is 11.5 Å². The van der Waals surface area contributed by atoms with Crippen molar-refractivity contribution in [2.75, 3.05) is 13.1 Å². The fourth-order valence-electron chi connectivity index (χ4n) is 3.56. The molecule has 1 aromatic heterocycles. The van der Waals surface area contributed by atoms with Crippen LogP contribution in [-0.4, -0.2) is 36.0 Å². The Labute approximate surface area is 175 Å². The topological polar surface area (TPSA) is 76.3 Å². The lowest BCUT2D eigenvalue weighted by atomic mass is 9.97. The van der Waals surface area contributed by atoms with Crippen LogP contribution in [0.1, 0.15) is 35.7 Å². The first kappa shape index (κ1) is 20.1. The van der Waals surface area contributed by atoms with Crippen LogP contribution in [0.5, 0.6) is 0 Å². The minimum absolute atomic E-state index is 0.0737. The van der Waals surface area contributed by atoms with E-state index in [2.05, 4.69) is 10.1 Å². The maximum Gasteiger partial charge on any atom is 0.258 e. The van der Waals surface area contributed by atoms with Gasteiger partial charge in [0.2, 0.25) is 10.0 Å². The second kappa shape index (κ2) is 7.89. The standard InChI is InChI=1S/C21H22ClN3O3S/c1-14-5-3-4-6-18(14)21-23-20(24-28-21)16-9-11-25(12-10-16)29(26,27)17-8-7-15(2)19(22)13-17/h3-8,13,16H,9-12H2,1-2H3. The van der Waals surface area contributed by atoms with Crippen molar-refractivity contribution in [3.63, 3.8) is 0 Å². The van der Waals surface area contributed by atoms with E-state index >= 15 is 0 Å². The van der Waals surface area contributed by atoms with Crippen LogP contribution >= 0.6 is 11.6 Å². The maximum absolute atomic E-state index is 12.9. The first-order chi connectivity index (χ1) is 13.9. The number of benzene rings is 2. The van der Waals surface area contributed by atoms with Crippen LogP contribution in [0, 0.1) is 13.8 Å². The SMILES string of the molecule is Cc1ccc(S(=O)(=O)N2CCC(c3noc(-c4ccccc4C)n3)CC2)cc1Cl. The van der Waals surface area contributed by atoms with Gasteiger partial charge in [0.25, 0.3) is 5.89 Å². The van der Waals surface area contributed by atoms with Crippen LogP contribution in [0.15, 0.2) is 51.9 Å². The average molecular weight is 432 g/mol. The quantitative estimate of drug-likeness (QED) is 0.604. The number of rotatable bonds is 4. The molecule has 4 rings (SSSR count). The van der Waals surface area contributed by atoms with E-state index in [0.29, 0.717) is 42.7 Å². The second-order valence-corrected chi connectivity index (χ2v) is 9.71. The molecule has 8 heteroatoms. The highest BCUT2D eigenvalue weighted by Gasteiger charge is 2.32. The number of aryl methyl sites for hydroxylation is 2. The fraction of sp³-hybridized carbons (Fsp3) is 0.333. The minimum atomic E-state index is -3.57. The van der Waals surface area contributed by atoms with Gasteiger partial charge in [0.15, 0.2) is 5.82 Å². The van der Waals surface area contributed by atoms with Gasteiger partial charge in [0.05, 0.1) is 4.90 Å². The Morgan fingerprint density at radius 1 is 1.07 bits per heavy atom. The van der Waals surface area contributed by atoms with E-state index < -0.39 is 10.0 Å². The molecule has 0 radical (unpaired) electrons. The van der Waals surface area contributed by atoms with Gasteiger partial charge in [0, 0.05) is 29.6 Å². The van der Waals surface area contributed by atoms with Gasteiger partial charge >= 0.3 is 0 Å². The first-order valence-corrected chi connectivity index (χ1v) is 11.3. The van der Waals surface area contributed by atoms with E-state index in [-0.39, 0.29) is 10.8 Å². The fourth-order valence-corrected chi connectivity index (χ4v) is 5.30. The van der Waals surface area contributed by atoms with E-state index in [4.69, 9.17) is 16.1 Å². The Bertz CT molecular complexity index is 1140. The van der Waals surface area contributed by atoms with Crippen LogP contribution in [0.2, 0.25) is 5.02 Å². The van der Waals surface area contributed by atoms with Crippen molar-refractivity contribution in [3.05, 3.63) is 64.4 Å². The van der Waals surface area contributed by atoms with E-state index in [9.17, 15) is 8.42 Å². The lowest BCUT2D eigenvalue weighted by Gasteiger charge is -2.29. The zero-order valence-corrected chi connectivity index (χ0v) is 17.9. The van der Waals surface area contributed by atoms with Crippen molar-refractivity contribution in [1.82, 2.24) is 14.4 Å². The summed E-state index contributed by atoms with van der Waals surface area (Å²) in [6, 6.07) is 12.7.